The van der Waals surface area contributed by atoms with Crippen LogP contribution < -0.4 is 10.6 Å². The van der Waals surface area contributed by atoms with Gasteiger partial charge in [0, 0.05) is 29.4 Å². The Labute approximate surface area is 134 Å². The van der Waals surface area contributed by atoms with Gasteiger partial charge in [-0.2, -0.15) is 5.26 Å². The molecule has 0 fully saturated rings. The molecule has 22 heavy (non-hydrogen) atoms. The molecule has 0 aliphatic heterocycles. The van der Waals surface area contributed by atoms with Gasteiger partial charge in [0.25, 0.3) is 0 Å². The zero-order chi connectivity index (χ0) is 15.9. The molecule has 112 valence electrons. The first-order valence-corrected chi connectivity index (χ1v) is 7.26. The predicted molar refractivity (Wildman–Crippen MR) is 89.1 cm³/mol. The van der Waals surface area contributed by atoms with Crippen LogP contribution in [0.3, 0.4) is 0 Å². The van der Waals surface area contributed by atoms with Crippen LogP contribution in [0.15, 0.2) is 42.5 Å². The lowest BCUT2D eigenvalue weighted by Gasteiger charge is -2.08. The highest BCUT2D eigenvalue weighted by atomic mass is 35.5. The summed E-state index contributed by atoms with van der Waals surface area (Å²) in [6.45, 7) is 2.42. The Bertz CT molecular complexity index is 705. The molecule has 5 heteroatoms. The molecule has 0 unspecified atom stereocenters. The number of hydrogen-bond acceptors (Lipinski definition) is 3. The molecule has 0 aromatic heterocycles. The summed E-state index contributed by atoms with van der Waals surface area (Å²) in [7, 11) is 0. The van der Waals surface area contributed by atoms with Gasteiger partial charge in [-0.25, -0.2) is 0 Å². The van der Waals surface area contributed by atoms with Crippen molar-refractivity contribution in [3.63, 3.8) is 0 Å². The van der Waals surface area contributed by atoms with Crippen LogP contribution in [0.1, 0.15) is 17.5 Å². The second kappa shape index (κ2) is 7.48. The van der Waals surface area contributed by atoms with E-state index in [1.54, 1.807) is 18.2 Å². The van der Waals surface area contributed by atoms with Crippen molar-refractivity contribution < 1.29 is 4.79 Å². The quantitative estimate of drug-likeness (QED) is 0.878. The summed E-state index contributed by atoms with van der Waals surface area (Å²) in [6.07, 6.45) is 0.339. The molecule has 0 saturated carbocycles. The molecule has 0 radical (unpaired) electrons. The van der Waals surface area contributed by atoms with Crippen LogP contribution in [-0.2, 0) is 4.79 Å². The first-order valence-electron chi connectivity index (χ1n) is 6.88. The van der Waals surface area contributed by atoms with Gasteiger partial charge in [-0.05, 0) is 48.9 Å². The van der Waals surface area contributed by atoms with Gasteiger partial charge in [-0.1, -0.05) is 17.7 Å². The highest BCUT2D eigenvalue weighted by Crippen LogP contribution is 2.20. The van der Waals surface area contributed by atoms with Crippen molar-refractivity contribution >= 4 is 28.9 Å². The number of anilines is 2. The largest absolute Gasteiger partial charge is 0.385 e. The van der Waals surface area contributed by atoms with Gasteiger partial charge in [0.2, 0.25) is 5.91 Å². The van der Waals surface area contributed by atoms with Crippen LogP contribution in [0.25, 0.3) is 0 Å². The number of hydrogen-bond donors (Lipinski definition) is 2. The van der Waals surface area contributed by atoms with Crippen molar-refractivity contribution in [1.29, 1.82) is 5.26 Å². The van der Waals surface area contributed by atoms with E-state index < -0.39 is 0 Å². The van der Waals surface area contributed by atoms with Crippen molar-refractivity contribution in [2.45, 2.75) is 13.3 Å². The van der Waals surface area contributed by atoms with Crippen LogP contribution in [0.4, 0.5) is 11.4 Å². The van der Waals surface area contributed by atoms with E-state index in [0.29, 0.717) is 29.2 Å². The summed E-state index contributed by atoms with van der Waals surface area (Å²) in [5, 5.41) is 15.3. The second-order valence-electron chi connectivity index (χ2n) is 4.88. The van der Waals surface area contributed by atoms with Gasteiger partial charge >= 0.3 is 0 Å². The first-order chi connectivity index (χ1) is 10.6. The lowest BCUT2D eigenvalue weighted by Crippen LogP contribution is -2.16. The highest BCUT2D eigenvalue weighted by Gasteiger charge is 2.04. The van der Waals surface area contributed by atoms with Gasteiger partial charge in [0.15, 0.2) is 0 Å². The molecule has 2 aromatic carbocycles. The lowest BCUT2D eigenvalue weighted by molar-refractivity contribution is -0.115. The molecule has 2 rings (SSSR count). The van der Waals surface area contributed by atoms with Crippen LogP contribution >= 0.6 is 11.6 Å². The number of carbonyl (C=O) groups is 1. The molecule has 0 aliphatic rings. The molecule has 0 aliphatic carbocycles. The normalized spacial score (nSPS) is 9.86. The Hall–Kier alpha value is -2.51. The number of nitriles is 1. The van der Waals surface area contributed by atoms with Crippen LogP contribution in [0.2, 0.25) is 5.02 Å². The van der Waals surface area contributed by atoms with E-state index in [-0.39, 0.29) is 5.91 Å². The number of rotatable bonds is 5. The minimum atomic E-state index is -0.0823. The number of nitrogens with zero attached hydrogens (tertiary/aromatic N) is 1. The molecule has 4 nitrogen and oxygen atoms in total. The van der Waals surface area contributed by atoms with E-state index in [9.17, 15) is 4.79 Å². The Balaban J connectivity index is 1.80. The summed E-state index contributed by atoms with van der Waals surface area (Å²) in [6, 6.07) is 14.6. The van der Waals surface area contributed by atoms with Gasteiger partial charge in [-0.15, -0.1) is 0 Å². The number of carbonyl (C=O) groups excluding carboxylic acids is 1. The minimum Gasteiger partial charge on any atom is -0.385 e. The third-order valence-electron chi connectivity index (χ3n) is 3.15. The average Bonchev–Trinajstić information content (AvgIpc) is 2.51. The SMILES string of the molecule is Cc1ccc(NC(=O)CCNc2ccc(C#N)cc2)cc1Cl. The number of amides is 1. The molecule has 0 heterocycles. The van der Waals surface area contributed by atoms with Crippen molar-refractivity contribution in [3.8, 4) is 6.07 Å². The van der Waals surface area contributed by atoms with E-state index in [4.69, 9.17) is 16.9 Å². The maximum atomic E-state index is 11.9. The number of halogens is 1. The fourth-order valence-electron chi connectivity index (χ4n) is 1.88. The van der Waals surface area contributed by atoms with Crippen LogP contribution in [0, 0.1) is 18.3 Å². The van der Waals surface area contributed by atoms with Crippen molar-refractivity contribution in [1.82, 2.24) is 0 Å². The first kappa shape index (κ1) is 15.9. The zero-order valence-corrected chi connectivity index (χ0v) is 12.9. The number of aryl methyl sites for hydroxylation is 1. The Morgan fingerprint density at radius 1 is 1.18 bits per heavy atom. The van der Waals surface area contributed by atoms with E-state index in [1.165, 1.54) is 0 Å². The van der Waals surface area contributed by atoms with Gasteiger partial charge in [-0.3, -0.25) is 4.79 Å². The van der Waals surface area contributed by atoms with Crippen molar-refractivity contribution in [2.24, 2.45) is 0 Å². The van der Waals surface area contributed by atoms with Crippen LogP contribution in [0.5, 0.6) is 0 Å². The van der Waals surface area contributed by atoms with Gasteiger partial charge < -0.3 is 10.6 Å². The lowest BCUT2D eigenvalue weighted by atomic mass is 10.2. The molecule has 2 aromatic rings. The minimum absolute atomic E-state index is 0.0823. The monoisotopic (exact) mass is 313 g/mol. The van der Waals surface area contributed by atoms with E-state index in [1.807, 2.05) is 31.2 Å². The molecular formula is C17H16ClN3O. The Morgan fingerprint density at radius 3 is 2.50 bits per heavy atom. The second-order valence-corrected chi connectivity index (χ2v) is 5.29. The van der Waals surface area contributed by atoms with Crippen LogP contribution in [-0.4, -0.2) is 12.5 Å². The molecule has 1 amide bonds. The van der Waals surface area contributed by atoms with E-state index in [0.717, 1.165) is 11.3 Å². The predicted octanol–water partition coefficient (Wildman–Crippen LogP) is 3.96. The Kier molecular flexibility index (Phi) is 5.40. The summed E-state index contributed by atoms with van der Waals surface area (Å²) >= 11 is 6.02. The maximum absolute atomic E-state index is 11.9. The molecule has 0 saturated heterocycles. The fraction of sp³-hybridized carbons (Fsp3) is 0.176. The average molecular weight is 314 g/mol. The zero-order valence-electron chi connectivity index (χ0n) is 12.2. The Morgan fingerprint density at radius 2 is 1.86 bits per heavy atom. The molecule has 0 atom stereocenters. The summed E-state index contributed by atoms with van der Waals surface area (Å²) in [4.78, 5) is 11.9. The highest BCUT2D eigenvalue weighted by molar-refractivity contribution is 6.31. The molecule has 0 spiro atoms. The van der Waals surface area contributed by atoms with Crippen molar-refractivity contribution in [2.75, 3.05) is 17.2 Å². The molecule has 2 N–H and O–H groups in total. The maximum Gasteiger partial charge on any atom is 0.226 e. The number of nitrogens with one attached hydrogen (secondary N) is 2. The summed E-state index contributed by atoms with van der Waals surface area (Å²) < 4.78 is 0. The van der Waals surface area contributed by atoms with Crippen molar-refractivity contribution in [3.05, 3.63) is 58.6 Å². The van der Waals surface area contributed by atoms with E-state index >= 15 is 0 Å². The smallest absolute Gasteiger partial charge is 0.226 e. The number of benzene rings is 2. The van der Waals surface area contributed by atoms with Gasteiger partial charge in [0.05, 0.1) is 11.6 Å². The fourth-order valence-corrected chi connectivity index (χ4v) is 2.06. The van der Waals surface area contributed by atoms with Gasteiger partial charge in [0.1, 0.15) is 0 Å². The molecular weight excluding hydrogens is 298 g/mol. The third-order valence-corrected chi connectivity index (χ3v) is 3.56. The third kappa shape index (κ3) is 4.51. The molecule has 0 bridgehead atoms. The summed E-state index contributed by atoms with van der Waals surface area (Å²) in [5.74, 6) is -0.0823. The standard InChI is InChI=1S/C17H16ClN3O/c1-12-2-5-15(10-16(12)18)21-17(22)8-9-20-14-6-3-13(11-19)4-7-14/h2-7,10,20H,8-9H2,1H3,(H,21,22). The topological polar surface area (TPSA) is 64.9 Å². The van der Waals surface area contributed by atoms with E-state index in [2.05, 4.69) is 16.7 Å². The summed E-state index contributed by atoms with van der Waals surface area (Å²) in [5.41, 5.74) is 3.16.